The van der Waals surface area contributed by atoms with Gasteiger partial charge in [0.25, 0.3) is 0 Å². The molecule has 5 atom stereocenters. The summed E-state index contributed by atoms with van der Waals surface area (Å²) in [5.74, 6) is 6.36. The van der Waals surface area contributed by atoms with Crippen molar-refractivity contribution < 1.29 is 4.74 Å². The van der Waals surface area contributed by atoms with Crippen LogP contribution in [0.1, 0.15) is 83.4 Å². The van der Waals surface area contributed by atoms with Crippen LogP contribution in [-0.4, -0.2) is 52.5 Å². The zero-order valence-electron chi connectivity index (χ0n) is 23.2. The molecule has 0 aromatic carbocycles. The van der Waals surface area contributed by atoms with E-state index in [-0.39, 0.29) is 5.92 Å². The van der Waals surface area contributed by atoms with Crippen molar-refractivity contribution in [1.82, 2.24) is 14.7 Å². The van der Waals surface area contributed by atoms with Gasteiger partial charge in [0.05, 0.1) is 24.2 Å². The summed E-state index contributed by atoms with van der Waals surface area (Å²) >= 11 is 0. The molecular weight excluding hydrogens is 446 g/mol. The van der Waals surface area contributed by atoms with Crippen LogP contribution in [-0.2, 0) is 11.8 Å². The van der Waals surface area contributed by atoms with E-state index >= 15 is 0 Å². The van der Waals surface area contributed by atoms with Crippen LogP contribution in [0.5, 0.6) is 0 Å². The first-order valence-electron chi connectivity index (χ1n) is 14.8. The third-order valence-corrected chi connectivity index (χ3v) is 10.3. The largest absolute Gasteiger partial charge is 0.479 e. The monoisotopic (exact) mass is 493 g/mol. The summed E-state index contributed by atoms with van der Waals surface area (Å²) in [7, 11) is 1.98. The van der Waals surface area contributed by atoms with Gasteiger partial charge in [0.2, 0.25) is 5.90 Å². The topological polar surface area (TPSA) is 55.0 Å². The highest BCUT2D eigenvalue weighted by Gasteiger charge is 2.48. The molecule has 6 nitrogen and oxygen atoms in total. The predicted octanol–water partition coefficient (Wildman–Crippen LogP) is 5.70. The number of fused-ring (bicyclic) bond motifs is 3. The highest BCUT2D eigenvalue weighted by atomic mass is 16.5. The molecule has 0 amide bonds. The van der Waals surface area contributed by atoms with Gasteiger partial charge < -0.3 is 9.64 Å². The molecule has 4 fully saturated rings. The van der Waals surface area contributed by atoms with Gasteiger partial charge in [-0.1, -0.05) is 20.8 Å². The first kappa shape index (κ1) is 24.6. The summed E-state index contributed by atoms with van der Waals surface area (Å²) in [6.07, 6.45) is 12.8. The molecule has 3 aliphatic carbocycles. The molecule has 36 heavy (non-hydrogen) atoms. The Labute approximate surface area is 217 Å². The van der Waals surface area contributed by atoms with Gasteiger partial charge in [-0.3, -0.25) is 4.68 Å². The van der Waals surface area contributed by atoms with Crippen LogP contribution in [0.2, 0.25) is 0 Å². The first-order chi connectivity index (χ1) is 17.3. The summed E-state index contributed by atoms with van der Waals surface area (Å²) in [6, 6.07) is 0. The second-order valence-electron chi connectivity index (χ2n) is 13.9. The Bertz CT molecular complexity index is 974. The molecule has 198 valence electrons. The Kier molecular flexibility index (Phi) is 6.54. The van der Waals surface area contributed by atoms with E-state index in [4.69, 9.17) is 4.74 Å². The highest BCUT2D eigenvalue weighted by Crippen LogP contribution is 2.54. The Morgan fingerprint density at radius 2 is 1.67 bits per heavy atom. The van der Waals surface area contributed by atoms with E-state index in [2.05, 4.69) is 47.9 Å². The van der Waals surface area contributed by atoms with E-state index in [0.29, 0.717) is 11.3 Å². The molecule has 0 spiro atoms. The number of ether oxygens (including phenoxy) is 1. The zero-order chi connectivity index (χ0) is 25.0. The third kappa shape index (κ3) is 4.79. The molecule has 2 aliphatic heterocycles. The average Bonchev–Trinajstić information content (AvgIpc) is 3.44. The fraction of sp³-hybridized carbons (Fsp3) is 0.833. The van der Waals surface area contributed by atoms with E-state index in [1.165, 1.54) is 64.6 Å². The van der Waals surface area contributed by atoms with Crippen LogP contribution >= 0.6 is 0 Å². The number of hydrogen-bond acceptors (Lipinski definition) is 5. The van der Waals surface area contributed by atoms with Crippen LogP contribution in [0.4, 0.5) is 0 Å². The Morgan fingerprint density at radius 3 is 2.28 bits per heavy atom. The second kappa shape index (κ2) is 9.56. The van der Waals surface area contributed by atoms with Crippen molar-refractivity contribution in [3.05, 3.63) is 17.5 Å². The molecule has 5 unspecified atom stereocenters. The lowest BCUT2D eigenvalue weighted by molar-refractivity contribution is -0.00683. The van der Waals surface area contributed by atoms with Crippen molar-refractivity contribution in [2.24, 2.45) is 64.1 Å². The molecular formula is C30H47N5O. The van der Waals surface area contributed by atoms with Crippen molar-refractivity contribution in [2.75, 3.05) is 26.2 Å². The predicted molar refractivity (Wildman–Crippen MR) is 145 cm³/mol. The normalized spacial score (nSPS) is 40.6. The summed E-state index contributed by atoms with van der Waals surface area (Å²) in [5, 5.41) is 13.4. The van der Waals surface area contributed by atoms with E-state index < -0.39 is 0 Å². The summed E-state index contributed by atoms with van der Waals surface area (Å²) in [4.78, 5) is 2.88. The Morgan fingerprint density at radius 1 is 0.972 bits per heavy atom. The van der Waals surface area contributed by atoms with Gasteiger partial charge in [-0.15, -0.1) is 10.2 Å². The fourth-order valence-electron chi connectivity index (χ4n) is 9.47. The minimum atomic E-state index is 0.266. The molecule has 1 aromatic heterocycles. The zero-order valence-corrected chi connectivity index (χ0v) is 23.2. The molecule has 3 heterocycles. The maximum absolute atomic E-state index is 6.30. The summed E-state index contributed by atoms with van der Waals surface area (Å²) in [6.45, 7) is 14.2. The van der Waals surface area contributed by atoms with Gasteiger partial charge in [-0.25, -0.2) is 0 Å². The Balaban J connectivity index is 1.01. The van der Waals surface area contributed by atoms with Crippen LogP contribution < -0.4 is 0 Å². The number of likely N-dealkylation sites (tertiary alicyclic amines) is 1. The number of nitrogens with zero attached hydrogens (tertiary/aromatic N) is 5. The van der Waals surface area contributed by atoms with Gasteiger partial charge in [0.1, 0.15) is 0 Å². The number of aryl methyl sites for hydroxylation is 2. The van der Waals surface area contributed by atoms with Crippen LogP contribution in [0.25, 0.3) is 0 Å². The highest BCUT2D eigenvalue weighted by molar-refractivity contribution is 6.04. The molecule has 3 saturated carbocycles. The standard InChI is InChI=1S/C30H47N5O/c1-19-6-23-7-20(2)12-30(11-19,13-23)18-35-15-25-9-24(10-26(25)16-35)17-36-29-21(3)8-27(32-33-29)28-22(4)14-31-34(28)5/h14,19-21,23-26H,6-13,15-18H2,1-5H3. The third-order valence-electron chi connectivity index (χ3n) is 10.3. The smallest absolute Gasteiger partial charge is 0.211 e. The Hall–Kier alpha value is -1.69. The van der Waals surface area contributed by atoms with Crippen molar-refractivity contribution >= 4 is 11.6 Å². The van der Waals surface area contributed by atoms with Crippen LogP contribution in [0.15, 0.2) is 16.4 Å². The summed E-state index contributed by atoms with van der Waals surface area (Å²) < 4.78 is 8.21. The van der Waals surface area contributed by atoms with Gasteiger partial charge in [-0.2, -0.15) is 5.10 Å². The lowest BCUT2D eigenvalue weighted by atomic mass is 9.56. The van der Waals surface area contributed by atoms with Crippen molar-refractivity contribution in [1.29, 1.82) is 0 Å². The second-order valence-corrected chi connectivity index (χ2v) is 13.9. The molecule has 1 saturated heterocycles. The molecule has 6 rings (SSSR count). The maximum Gasteiger partial charge on any atom is 0.211 e. The van der Waals surface area contributed by atoms with Gasteiger partial charge >= 0.3 is 0 Å². The van der Waals surface area contributed by atoms with Crippen molar-refractivity contribution in [3.63, 3.8) is 0 Å². The number of rotatable bonds is 5. The molecule has 1 aromatic rings. The SMILES string of the molecule is Cc1cnn(C)c1C1=NN=C(OCC2CC3CN(CC45CC(C)CC(CC(C)C4)C5)CC3C2)C(C)C1. The minimum absolute atomic E-state index is 0.266. The quantitative estimate of drug-likeness (QED) is 0.529. The van der Waals surface area contributed by atoms with E-state index in [9.17, 15) is 0 Å². The van der Waals surface area contributed by atoms with E-state index in [0.717, 1.165) is 65.5 Å². The molecule has 6 heteroatoms. The lowest BCUT2D eigenvalue weighted by Crippen LogP contribution is -2.46. The van der Waals surface area contributed by atoms with E-state index in [1.54, 1.807) is 0 Å². The van der Waals surface area contributed by atoms with Gasteiger partial charge in [0, 0.05) is 39.0 Å². The number of aromatic nitrogens is 2. The van der Waals surface area contributed by atoms with Crippen LogP contribution in [0, 0.1) is 53.8 Å². The average molecular weight is 494 g/mol. The molecule has 0 N–H and O–H groups in total. The van der Waals surface area contributed by atoms with Crippen molar-refractivity contribution in [2.45, 2.75) is 79.1 Å². The van der Waals surface area contributed by atoms with Crippen LogP contribution in [0.3, 0.4) is 0 Å². The van der Waals surface area contributed by atoms with Gasteiger partial charge in [0.15, 0.2) is 0 Å². The molecule has 0 radical (unpaired) electrons. The first-order valence-corrected chi connectivity index (χ1v) is 14.8. The number of hydrogen-bond donors (Lipinski definition) is 0. The van der Waals surface area contributed by atoms with Gasteiger partial charge in [-0.05, 0) is 98.4 Å². The lowest BCUT2D eigenvalue weighted by Gasteiger charge is -2.51. The van der Waals surface area contributed by atoms with Crippen molar-refractivity contribution in [3.8, 4) is 0 Å². The molecule has 2 bridgehead atoms. The van der Waals surface area contributed by atoms with E-state index in [1.807, 2.05) is 17.9 Å². The summed E-state index contributed by atoms with van der Waals surface area (Å²) in [5.41, 5.74) is 3.89. The molecule has 5 aliphatic rings. The fourth-order valence-corrected chi connectivity index (χ4v) is 9.47. The maximum atomic E-state index is 6.30. The minimum Gasteiger partial charge on any atom is -0.479 e.